The zero-order valence-corrected chi connectivity index (χ0v) is 13.8. The molecule has 0 atom stereocenters. The van der Waals surface area contributed by atoms with Gasteiger partial charge >= 0.3 is 0 Å². The fraction of sp³-hybridized carbons (Fsp3) is 0.667. The molecule has 0 saturated heterocycles. The maximum Gasteiger partial charge on any atom is 0.141 e. The van der Waals surface area contributed by atoms with Crippen molar-refractivity contribution < 1.29 is 4.74 Å². The van der Waals surface area contributed by atoms with E-state index in [1.165, 1.54) is 24.8 Å². The van der Waals surface area contributed by atoms with Gasteiger partial charge < -0.3 is 10.1 Å². The topological polar surface area (TPSA) is 21.3 Å². The van der Waals surface area contributed by atoms with E-state index >= 15 is 0 Å². The normalized spacial score (nSPS) is 21.5. The number of nitrogens with one attached hydrogen (secondary N) is 1. The van der Waals surface area contributed by atoms with E-state index in [0.717, 1.165) is 11.4 Å². The first-order valence-corrected chi connectivity index (χ1v) is 7.62. The Bertz CT molecular complexity index is 460. The van der Waals surface area contributed by atoms with Gasteiger partial charge in [0.25, 0.3) is 0 Å². The van der Waals surface area contributed by atoms with Gasteiger partial charge in [0.1, 0.15) is 5.75 Å². The Balaban J connectivity index is 2.19. The molecule has 1 aliphatic carbocycles. The molecule has 1 aliphatic rings. The van der Waals surface area contributed by atoms with Crippen molar-refractivity contribution in [2.24, 2.45) is 10.8 Å². The van der Waals surface area contributed by atoms with Crippen LogP contribution in [0.2, 0.25) is 0 Å². The molecule has 0 bridgehead atoms. The zero-order chi connectivity index (χ0) is 15.0. The summed E-state index contributed by atoms with van der Waals surface area (Å²) in [5, 5.41) is 3.73. The average molecular weight is 275 g/mol. The number of anilines is 1. The van der Waals surface area contributed by atoms with Crippen LogP contribution in [0.1, 0.15) is 52.5 Å². The summed E-state index contributed by atoms with van der Waals surface area (Å²) in [5.74, 6) is 0.941. The molecule has 1 aromatic carbocycles. The van der Waals surface area contributed by atoms with Crippen LogP contribution in [0.4, 0.5) is 5.69 Å². The molecule has 1 fully saturated rings. The average Bonchev–Trinajstić information content (AvgIpc) is 2.24. The Morgan fingerprint density at radius 2 is 1.70 bits per heavy atom. The quantitative estimate of drug-likeness (QED) is 0.836. The van der Waals surface area contributed by atoms with Crippen molar-refractivity contribution in [1.29, 1.82) is 0 Å². The lowest BCUT2D eigenvalue weighted by Gasteiger charge is -2.45. The standard InChI is InChI=1S/C18H29NO/c1-13-7-8-16(20-6)15(9-13)19-14-10-17(2,3)12-18(4,5)11-14/h7-9,14,19H,10-12H2,1-6H3. The maximum absolute atomic E-state index is 5.48. The highest BCUT2D eigenvalue weighted by atomic mass is 16.5. The van der Waals surface area contributed by atoms with Crippen molar-refractivity contribution >= 4 is 5.69 Å². The van der Waals surface area contributed by atoms with Crippen molar-refractivity contribution in [3.63, 3.8) is 0 Å². The molecule has 2 heteroatoms. The predicted molar refractivity (Wildman–Crippen MR) is 86.6 cm³/mol. The largest absolute Gasteiger partial charge is 0.495 e. The van der Waals surface area contributed by atoms with Crippen LogP contribution in [0.3, 0.4) is 0 Å². The highest BCUT2D eigenvalue weighted by Gasteiger charge is 2.38. The fourth-order valence-corrected chi connectivity index (χ4v) is 4.10. The molecule has 20 heavy (non-hydrogen) atoms. The molecule has 0 spiro atoms. The van der Waals surface area contributed by atoms with Crippen LogP contribution >= 0.6 is 0 Å². The first-order valence-electron chi connectivity index (χ1n) is 7.62. The summed E-state index contributed by atoms with van der Waals surface area (Å²) in [7, 11) is 1.74. The van der Waals surface area contributed by atoms with Crippen molar-refractivity contribution in [1.82, 2.24) is 0 Å². The minimum atomic E-state index is 0.399. The minimum absolute atomic E-state index is 0.399. The lowest BCUT2D eigenvalue weighted by Crippen LogP contribution is -2.40. The second-order valence-electron chi connectivity index (χ2n) is 7.96. The van der Waals surface area contributed by atoms with Gasteiger partial charge in [-0.1, -0.05) is 33.8 Å². The summed E-state index contributed by atoms with van der Waals surface area (Å²) < 4.78 is 5.48. The molecule has 2 nitrogen and oxygen atoms in total. The van der Waals surface area contributed by atoms with Crippen LogP contribution in [-0.2, 0) is 0 Å². The second-order valence-corrected chi connectivity index (χ2v) is 7.96. The predicted octanol–water partition coefficient (Wildman–Crippen LogP) is 5.02. The van der Waals surface area contributed by atoms with Crippen LogP contribution in [0.25, 0.3) is 0 Å². The Hall–Kier alpha value is -1.18. The molecule has 0 radical (unpaired) electrons. The number of hydrogen-bond acceptors (Lipinski definition) is 2. The Labute approximate surface area is 123 Å². The smallest absolute Gasteiger partial charge is 0.141 e. The Kier molecular flexibility index (Phi) is 4.04. The molecular formula is C18H29NO. The van der Waals surface area contributed by atoms with Gasteiger partial charge in [-0.2, -0.15) is 0 Å². The first kappa shape index (κ1) is 15.2. The van der Waals surface area contributed by atoms with E-state index in [1.54, 1.807) is 7.11 Å². The van der Waals surface area contributed by atoms with Gasteiger partial charge in [-0.3, -0.25) is 0 Å². The van der Waals surface area contributed by atoms with Gasteiger partial charge in [0, 0.05) is 6.04 Å². The molecular weight excluding hydrogens is 246 g/mol. The number of rotatable bonds is 3. The molecule has 0 amide bonds. The number of ether oxygens (including phenoxy) is 1. The third-order valence-electron chi connectivity index (χ3n) is 4.27. The number of methoxy groups -OCH3 is 1. The van der Waals surface area contributed by atoms with Crippen LogP contribution < -0.4 is 10.1 Å². The van der Waals surface area contributed by atoms with E-state index in [9.17, 15) is 0 Å². The molecule has 1 N–H and O–H groups in total. The summed E-state index contributed by atoms with van der Waals surface area (Å²) in [6, 6.07) is 6.85. The van der Waals surface area contributed by atoms with Crippen LogP contribution in [-0.4, -0.2) is 13.2 Å². The van der Waals surface area contributed by atoms with Crippen LogP contribution in [0.5, 0.6) is 5.75 Å². The SMILES string of the molecule is COc1ccc(C)cc1NC1CC(C)(C)CC(C)(C)C1. The van der Waals surface area contributed by atoms with E-state index in [0.29, 0.717) is 16.9 Å². The van der Waals surface area contributed by atoms with E-state index in [2.05, 4.69) is 58.1 Å². The fourth-order valence-electron chi connectivity index (χ4n) is 4.10. The van der Waals surface area contributed by atoms with Crippen LogP contribution in [0, 0.1) is 17.8 Å². The monoisotopic (exact) mass is 275 g/mol. The van der Waals surface area contributed by atoms with Gasteiger partial charge in [0.2, 0.25) is 0 Å². The zero-order valence-electron chi connectivity index (χ0n) is 13.8. The highest BCUT2D eigenvalue weighted by Crippen LogP contribution is 2.46. The molecule has 0 aliphatic heterocycles. The summed E-state index contributed by atoms with van der Waals surface area (Å²) in [6.45, 7) is 11.7. The van der Waals surface area contributed by atoms with Gasteiger partial charge in [-0.05, 0) is 54.7 Å². The minimum Gasteiger partial charge on any atom is -0.495 e. The summed E-state index contributed by atoms with van der Waals surface area (Å²) in [5.41, 5.74) is 3.20. The third-order valence-corrected chi connectivity index (χ3v) is 4.27. The van der Waals surface area contributed by atoms with Crippen molar-refractivity contribution in [2.75, 3.05) is 12.4 Å². The van der Waals surface area contributed by atoms with Gasteiger partial charge in [0.05, 0.1) is 12.8 Å². The number of benzene rings is 1. The van der Waals surface area contributed by atoms with Gasteiger partial charge in [-0.15, -0.1) is 0 Å². The molecule has 112 valence electrons. The summed E-state index contributed by atoms with van der Waals surface area (Å²) >= 11 is 0. The van der Waals surface area contributed by atoms with E-state index in [-0.39, 0.29) is 0 Å². The highest BCUT2D eigenvalue weighted by molar-refractivity contribution is 5.58. The van der Waals surface area contributed by atoms with Crippen molar-refractivity contribution in [3.05, 3.63) is 23.8 Å². The molecule has 0 aromatic heterocycles. The molecule has 0 heterocycles. The molecule has 1 aromatic rings. The summed E-state index contributed by atoms with van der Waals surface area (Å²) in [6.07, 6.45) is 3.73. The molecule has 0 unspecified atom stereocenters. The number of hydrogen-bond donors (Lipinski definition) is 1. The van der Waals surface area contributed by atoms with Crippen LogP contribution in [0.15, 0.2) is 18.2 Å². The number of aryl methyl sites for hydroxylation is 1. The maximum atomic E-state index is 5.48. The van der Waals surface area contributed by atoms with E-state index in [1.807, 2.05) is 0 Å². The van der Waals surface area contributed by atoms with Crippen molar-refractivity contribution in [3.8, 4) is 5.75 Å². The lowest BCUT2D eigenvalue weighted by molar-refractivity contribution is 0.105. The third kappa shape index (κ3) is 3.68. The molecule has 2 rings (SSSR count). The second kappa shape index (κ2) is 5.31. The van der Waals surface area contributed by atoms with Crippen molar-refractivity contribution in [2.45, 2.75) is 59.9 Å². The Morgan fingerprint density at radius 3 is 2.25 bits per heavy atom. The van der Waals surface area contributed by atoms with E-state index < -0.39 is 0 Å². The first-order chi connectivity index (χ1) is 9.21. The summed E-state index contributed by atoms with van der Waals surface area (Å²) in [4.78, 5) is 0. The molecule has 1 saturated carbocycles. The lowest BCUT2D eigenvalue weighted by atomic mass is 9.63. The van der Waals surface area contributed by atoms with Gasteiger partial charge in [-0.25, -0.2) is 0 Å². The van der Waals surface area contributed by atoms with Gasteiger partial charge in [0.15, 0.2) is 0 Å². The Morgan fingerprint density at radius 1 is 1.10 bits per heavy atom. The van der Waals surface area contributed by atoms with E-state index in [4.69, 9.17) is 4.74 Å².